The molecule has 0 aliphatic carbocycles. The minimum atomic E-state index is -0.309. The lowest BCUT2D eigenvalue weighted by Crippen LogP contribution is -2.22. The van der Waals surface area contributed by atoms with Crippen molar-refractivity contribution in [3.8, 4) is 17.2 Å². The highest BCUT2D eigenvalue weighted by Crippen LogP contribution is 2.27. The van der Waals surface area contributed by atoms with E-state index in [1.807, 2.05) is 145 Å². The number of ether oxygens (including phenoxy) is 7. The number of benzene rings is 11. The van der Waals surface area contributed by atoms with Crippen LogP contribution in [0.3, 0.4) is 0 Å². The second kappa shape index (κ2) is 54.1. The molecule has 2 saturated heterocycles. The van der Waals surface area contributed by atoms with Gasteiger partial charge in [-0.25, -0.2) is 0 Å². The lowest BCUT2D eigenvalue weighted by Gasteiger charge is -2.22. The minimum absolute atomic E-state index is 0.125. The molecule has 0 saturated carbocycles. The van der Waals surface area contributed by atoms with Crippen LogP contribution in [0.2, 0.25) is 0 Å². The third-order valence-corrected chi connectivity index (χ3v) is 26.3. The number of hydrogen-bond donors (Lipinski definition) is 4. The number of para-hydroxylation sites is 9. The smallest absolute Gasteiger partial charge is 0.227 e. The Bertz CT molecular complexity index is 8020. The first-order valence-electron chi connectivity index (χ1n) is 49.4. The fraction of sp³-hybridized carbons (Fsp3) is 0.189. The number of aromatic amines is 3. The number of nitrogens with one attached hydrogen (secondary N) is 3. The molecule has 12 aromatic heterocycles. The Morgan fingerprint density at radius 3 is 1.08 bits per heavy atom. The third kappa shape index (κ3) is 29.3. The molecule has 0 radical (unpaired) electrons. The van der Waals surface area contributed by atoms with Gasteiger partial charge in [0, 0.05) is 162 Å². The van der Waals surface area contributed by atoms with Crippen molar-refractivity contribution in [2.75, 3.05) is 25.7 Å². The number of aromatic nitrogens is 9. The molecule has 26 heteroatoms. The number of alkyl halides is 3. The van der Waals surface area contributed by atoms with Crippen molar-refractivity contribution in [3.63, 3.8) is 0 Å². The van der Waals surface area contributed by atoms with E-state index >= 15 is 0 Å². The number of aliphatic hydroxyl groups is 1. The molecule has 0 spiro atoms. The summed E-state index contributed by atoms with van der Waals surface area (Å²) in [5, 5.41) is 21.0. The first-order valence-corrected chi connectivity index (χ1v) is 52.1. The van der Waals surface area contributed by atoms with Crippen LogP contribution in [0.4, 0.5) is 0 Å². The van der Waals surface area contributed by atoms with Gasteiger partial charge in [-0.05, 0) is 218 Å². The van der Waals surface area contributed by atoms with Gasteiger partial charge in [0.05, 0.1) is 17.5 Å². The van der Waals surface area contributed by atoms with E-state index in [0.717, 1.165) is 97.5 Å². The SMILES string of the molecule is BrCc1cccc(Cn2ccc3ccccc32)c1.BrCn1ccc2ccccc21.ClCCn1ccc2ccccc21.O=c1cc(CO)occ1OCn1ccc2ccccc21.O=c1cc(COC2CCCCO2)occ1OCCn1ccc2ccccc21.O=c1cc(COC2CCCCO2)occ1OCc1cccc(Cn2ccc3ccccc32)c1.c1ccc2[nH]ccc2c1.c1ccc2[nH]ccc2c1.c1ccc2[nH]ccc2c1. The lowest BCUT2D eigenvalue weighted by atomic mass is 10.1. The van der Waals surface area contributed by atoms with Crippen LogP contribution in [0.25, 0.3) is 98.1 Å². The maximum atomic E-state index is 12.4. The van der Waals surface area contributed by atoms with E-state index in [-0.39, 0.29) is 85.0 Å². The normalized spacial score (nSPS) is 13.1. The van der Waals surface area contributed by atoms with Gasteiger partial charge >= 0.3 is 0 Å². The summed E-state index contributed by atoms with van der Waals surface area (Å²) in [6.45, 7) is 5.66. The summed E-state index contributed by atoms with van der Waals surface area (Å²) in [5.74, 6) is 2.34. The molecule has 23 nitrogen and oxygen atoms in total. The summed E-state index contributed by atoms with van der Waals surface area (Å²) >= 11 is 12.6. The summed E-state index contributed by atoms with van der Waals surface area (Å²) in [6.07, 6.45) is 27.7. The van der Waals surface area contributed by atoms with E-state index in [4.69, 9.17) is 63.1 Å². The van der Waals surface area contributed by atoms with Gasteiger partial charge in [0.15, 0.2) is 19.3 Å². The van der Waals surface area contributed by atoms with Crippen LogP contribution in [0, 0.1) is 0 Å². The first kappa shape index (κ1) is 104. The van der Waals surface area contributed by atoms with Crippen molar-refractivity contribution in [3.05, 3.63) is 484 Å². The topological polar surface area (TPSA) is 252 Å². The van der Waals surface area contributed by atoms with Crippen LogP contribution in [-0.4, -0.2) is 85.7 Å². The zero-order valence-corrected chi connectivity index (χ0v) is 85.8. The van der Waals surface area contributed by atoms with Gasteiger partial charge in [-0.1, -0.05) is 244 Å². The maximum absolute atomic E-state index is 12.4. The molecule has 2 fully saturated rings. The Kier molecular flexibility index (Phi) is 38.0. The Morgan fingerprint density at radius 2 is 0.676 bits per heavy atom. The number of nitrogens with zero attached hydrogens (tertiary/aromatic N) is 6. The second-order valence-electron chi connectivity index (χ2n) is 35.1. The van der Waals surface area contributed by atoms with E-state index in [2.05, 4.69) is 307 Å². The first-order chi connectivity index (χ1) is 72.9. The van der Waals surface area contributed by atoms with Gasteiger partial charge in [0.2, 0.25) is 33.5 Å². The molecule has 754 valence electrons. The molecule has 0 amide bonds. The molecule has 2 aliphatic rings. The Hall–Kier alpha value is -15.4. The average molecular weight is 2130 g/mol. The van der Waals surface area contributed by atoms with E-state index in [9.17, 15) is 14.4 Å². The van der Waals surface area contributed by atoms with Crippen LogP contribution >= 0.6 is 43.5 Å². The number of aliphatic hydroxyl groups excluding tert-OH is 1. The number of halogens is 3. The second-order valence-corrected chi connectivity index (χ2v) is 36.6. The summed E-state index contributed by atoms with van der Waals surface area (Å²) in [4.78, 5) is 45.7. The summed E-state index contributed by atoms with van der Waals surface area (Å²) < 4.78 is 68.1. The predicted octanol–water partition coefficient (Wildman–Crippen LogP) is 28.1. The van der Waals surface area contributed by atoms with Crippen molar-refractivity contribution in [1.29, 1.82) is 0 Å². The van der Waals surface area contributed by atoms with E-state index < -0.39 is 0 Å². The Balaban J connectivity index is 0.000000118. The maximum Gasteiger partial charge on any atom is 0.227 e. The summed E-state index contributed by atoms with van der Waals surface area (Å²) in [6, 6.07) is 114. The summed E-state index contributed by atoms with van der Waals surface area (Å²) in [5.41, 5.74) is 15.8. The van der Waals surface area contributed by atoms with Crippen LogP contribution < -0.4 is 30.5 Å². The highest BCUT2D eigenvalue weighted by Gasteiger charge is 2.19. The molecule has 14 heterocycles. The number of aryl methyl sites for hydroxylation is 1. The fourth-order valence-corrected chi connectivity index (χ4v) is 18.2. The molecular formula is C122H116Br2ClN9O14. The van der Waals surface area contributed by atoms with Crippen LogP contribution in [-0.2, 0) is 89.1 Å². The standard InChI is InChI=1S/C27H27NO5.C21H23NO5.C16H14BrN.C15H13NO4.C10H10ClN.C9H8BrN.3C8H7N/c29-25-15-23(18-33-27-10-3-4-13-30-27)31-19-26(25)32-17-21-7-5-6-20(14-21)16-28-12-11-22-8-1-2-9-24(22)28;23-19-13-17(14-27-21-7-3-4-11-25-21)26-15-20(19)24-12-10-22-9-8-16-5-1-2-6-18(16)22;17-11-13-4-3-5-14(10-13)12-18-9-8-15-6-1-2-7-16(15)18;17-8-12-7-14(18)15(9-19-12)20-10-16-6-5-11-3-1-2-4-13(11)16;11-6-8-12-7-5-9-3-1-2-4-10(9)12;10-7-11-6-5-8-3-1-2-4-9(8)11;3*1-2-4-8-7(3-1)5-6-9-8/h1-2,5-9,11-12,14-15,19,27H,3-4,10,13,16-18H2;1-2,5-6,8-9,13,15,21H,3-4,7,10-12,14H2;1-10H,11-12H2;1-7,9,17H,8,10H2;1-5,7H,6,8H2;1-6H,7H2;3*1-6,9H. The van der Waals surface area contributed by atoms with Crippen molar-refractivity contribution < 1.29 is 51.5 Å². The van der Waals surface area contributed by atoms with Gasteiger partial charge in [-0.15, -0.1) is 11.6 Å². The van der Waals surface area contributed by atoms with Crippen LogP contribution in [0.15, 0.2) is 442 Å². The largest absolute Gasteiger partial charge is 0.485 e. The fourth-order valence-electron chi connectivity index (χ4n) is 17.3. The monoisotopic (exact) mass is 2120 g/mol. The van der Waals surface area contributed by atoms with Gasteiger partial charge in [-0.2, -0.15) is 0 Å². The third-order valence-electron chi connectivity index (χ3n) is 24.9. The molecule has 2 aliphatic heterocycles. The molecule has 23 aromatic rings. The molecule has 2 unspecified atom stereocenters. The van der Waals surface area contributed by atoms with Crippen molar-refractivity contribution in [1.82, 2.24) is 42.4 Å². The predicted molar refractivity (Wildman–Crippen MR) is 598 cm³/mol. The highest BCUT2D eigenvalue weighted by atomic mass is 79.9. The summed E-state index contributed by atoms with van der Waals surface area (Å²) in [7, 11) is 0. The lowest BCUT2D eigenvalue weighted by molar-refractivity contribution is -0.171. The average Bonchev–Trinajstić information content (AvgIpc) is 1.68. The van der Waals surface area contributed by atoms with Gasteiger partial charge in [0.1, 0.15) is 69.1 Å². The molecule has 11 aromatic carbocycles. The quantitative estimate of drug-likeness (QED) is 0.0389. The van der Waals surface area contributed by atoms with Crippen molar-refractivity contribution in [2.24, 2.45) is 0 Å². The van der Waals surface area contributed by atoms with Crippen LogP contribution in [0.1, 0.15) is 78.1 Å². The number of H-pyrrole nitrogens is 3. The number of fused-ring (bicyclic) bond motifs is 9. The molecule has 0 bridgehead atoms. The molecule has 148 heavy (non-hydrogen) atoms. The van der Waals surface area contributed by atoms with E-state index in [1.54, 1.807) is 0 Å². The van der Waals surface area contributed by atoms with Crippen LogP contribution in [0.5, 0.6) is 17.2 Å². The van der Waals surface area contributed by atoms with Crippen molar-refractivity contribution in [2.45, 2.75) is 121 Å². The molecule has 25 rings (SSSR count). The zero-order valence-electron chi connectivity index (χ0n) is 81.8. The van der Waals surface area contributed by atoms with Gasteiger partial charge < -0.3 is 93.9 Å². The molecule has 4 N–H and O–H groups in total. The van der Waals surface area contributed by atoms with E-state index in [1.165, 1.54) is 135 Å². The van der Waals surface area contributed by atoms with Gasteiger partial charge in [-0.3, -0.25) is 14.4 Å². The Morgan fingerprint density at radius 1 is 0.331 bits per heavy atom. The number of rotatable bonds is 25. The van der Waals surface area contributed by atoms with Crippen molar-refractivity contribution >= 4 is 142 Å². The van der Waals surface area contributed by atoms with E-state index in [0.29, 0.717) is 37.2 Å². The van der Waals surface area contributed by atoms with Gasteiger partial charge in [0.25, 0.3) is 0 Å². The molecular weight excluding hydrogens is 2010 g/mol. The number of hydrogen-bond acceptors (Lipinski definition) is 14. The zero-order chi connectivity index (χ0) is 102. The highest BCUT2D eigenvalue weighted by molar-refractivity contribution is 9.08. The Labute approximate surface area is 877 Å². The molecule has 2 atom stereocenters. The minimum Gasteiger partial charge on any atom is -0.485 e.